The summed E-state index contributed by atoms with van der Waals surface area (Å²) in [6, 6.07) is 0. The van der Waals surface area contributed by atoms with Crippen LogP contribution in [0.25, 0.3) is 0 Å². The van der Waals surface area contributed by atoms with Crippen molar-refractivity contribution in [3.8, 4) is 0 Å². The molecule has 1 aromatic rings. The van der Waals surface area contributed by atoms with E-state index in [0.29, 0.717) is 0 Å². The second kappa shape index (κ2) is 6.17. The molecular weight excluding hydrogens is 222 g/mol. The minimum absolute atomic E-state index is 0.887. The molecule has 1 aliphatic rings. The topological polar surface area (TPSA) is 29.0 Å². The fraction of sp³-hybridized carbons (Fsp3) is 0.733. The van der Waals surface area contributed by atoms with Gasteiger partial charge in [0.1, 0.15) is 11.6 Å². The van der Waals surface area contributed by atoms with E-state index in [-0.39, 0.29) is 0 Å². The third-order valence-corrected chi connectivity index (χ3v) is 4.07. The van der Waals surface area contributed by atoms with E-state index in [9.17, 15) is 0 Å². The molecule has 2 rings (SSSR count). The molecule has 1 aliphatic heterocycles. The molecule has 3 heteroatoms. The summed E-state index contributed by atoms with van der Waals surface area (Å²) < 4.78 is 0. The Labute approximate surface area is 111 Å². The highest BCUT2D eigenvalue weighted by atomic mass is 15.2. The maximum atomic E-state index is 4.67. The van der Waals surface area contributed by atoms with Crippen LogP contribution < -0.4 is 4.90 Å². The zero-order valence-electron chi connectivity index (χ0n) is 11.9. The summed E-state index contributed by atoms with van der Waals surface area (Å²) in [6.07, 6.45) is 8.31. The summed E-state index contributed by atoms with van der Waals surface area (Å²) in [4.78, 5) is 11.5. The molecule has 0 aromatic carbocycles. The largest absolute Gasteiger partial charge is 0.356 e. The second-order valence-corrected chi connectivity index (χ2v) is 5.31. The Morgan fingerprint density at radius 1 is 1.28 bits per heavy atom. The van der Waals surface area contributed by atoms with Crippen molar-refractivity contribution in [1.29, 1.82) is 0 Å². The number of aryl methyl sites for hydroxylation is 2. The van der Waals surface area contributed by atoms with E-state index in [1.807, 2.05) is 13.1 Å². The van der Waals surface area contributed by atoms with E-state index in [1.165, 1.54) is 37.1 Å². The third-order valence-electron chi connectivity index (χ3n) is 4.07. The highest BCUT2D eigenvalue weighted by molar-refractivity contribution is 5.46. The quantitative estimate of drug-likeness (QED) is 0.820. The molecule has 3 nitrogen and oxygen atoms in total. The Hall–Kier alpha value is -1.12. The molecule has 1 unspecified atom stereocenters. The van der Waals surface area contributed by atoms with E-state index >= 15 is 0 Å². The Morgan fingerprint density at radius 3 is 2.83 bits per heavy atom. The van der Waals surface area contributed by atoms with Crippen LogP contribution in [-0.4, -0.2) is 23.1 Å². The molecule has 2 heterocycles. The first-order chi connectivity index (χ1) is 8.74. The maximum Gasteiger partial charge on any atom is 0.135 e. The van der Waals surface area contributed by atoms with E-state index < -0.39 is 0 Å². The smallest absolute Gasteiger partial charge is 0.135 e. The van der Waals surface area contributed by atoms with E-state index in [2.05, 4.69) is 28.7 Å². The summed E-state index contributed by atoms with van der Waals surface area (Å²) in [6.45, 7) is 8.79. The van der Waals surface area contributed by atoms with Gasteiger partial charge in [0.05, 0.1) is 0 Å². The van der Waals surface area contributed by atoms with Crippen LogP contribution in [0.15, 0.2) is 6.20 Å². The van der Waals surface area contributed by atoms with Crippen molar-refractivity contribution in [2.24, 2.45) is 5.92 Å². The molecule has 0 amide bonds. The average molecular weight is 247 g/mol. The first-order valence-electron chi connectivity index (χ1n) is 7.32. The summed E-state index contributed by atoms with van der Waals surface area (Å²) in [5.74, 6) is 2.98. The van der Waals surface area contributed by atoms with Crippen LogP contribution in [0.1, 0.15) is 50.9 Å². The van der Waals surface area contributed by atoms with Gasteiger partial charge in [-0.3, -0.25) is 0 Å². The maximum absolute atomic E-state index is 4.67. The molecule has 1 aromatic heterocycles. The lowest BCUT2D eigenvalue weighted by Gasteiger charge is -2.24. The molecule has 1 fully saturated rings. The lowest BCUT2D eigenvalue weighted by atomic mass is 9.98. The molecule has 0 bridgehead atoms. The molecule has 0 N–H and O–H groups in total. The van der Waals surface area contributed by atoms with Gasteiger partial charge < -0.3 is 4.90 Å². The Morgan fingerprint density at radius 2 is 2.11 bits per heavy atom. The van der Waals surface area contributed by atoms with Gasteiger partial charge in [0.25, 0.3) is 0 Å². The van der Waals surface area contributed by atoms with Crippen molar-refractivity contribution in [2.45, 2.75) is 52.9 Å². The van der Waals surface area contributed by atoms with E-state index in [4.69, 9.17) is 0 Å². The highest BCUT2D eigenvalue weighted by Crippen LogP contribution is 2.25. The van der Waals surface area contributed by atoms with Crippen LogP contribution in [0.2, 0.25) is 0 Å². The summed E-state index contributed by atoms with van der Waals surface area (Å²) >= 11 is 0. The summed E-state index contributed by atoms with van der Waals surface area (Å²) in [5, 5.41) is 0. The number of hydrogen-bond acceptors (Lipinski definition) is 3. The molecule has 0 aliphatic carbocycles. The lowest BCUT2D eigenvalue weighted by Crippen LogP contribution is -2.27. The van der Waals surface area contributed by atoms with Gasteiger partial charge in [0.2, 0.25) is 0 Å². The van der Waals surface area contributed by atoms with Gasteiger partial charge in [0.15, 0.2) is 0 Å². The van der Waals surface area contributed by atoms with Crippen molar-refractivity contribution in [2.75, 3.05) is 18.0 Å². The van der Waals surface area contributed by atoms with Crippen LogP contribution in [0.4, 0.5) is 5.82 Å². The van der Waals surface area contributed by atoms with Crippen LogP contribution in [0.3, 0.4) is 0 Å². The van der Waals surface area contributed by atoms with Crippen molar-refractivity contribution >= 4 is 5.82 Å². The number of aromatic nitrogens is 2. The fourth-order valence-electron chi connectivity index (χ4n) is 2.79. The minimum atomic E-state index is 0.887. The van der Waals surface area contributed by atoms with Crippen molar-refractivity contribution < 1.29 is 0 Å². The zero-order valence-corrected chi connectivity index (χ0v) is 11.9. The fourth-order valence-corrected chi connectivity index (χ4v) is 2.79. The molecule has 1 atom stereocenters. The van der Waals surface area contributed by atoms with Crippen molar-refractivity contribution in [1.82, 2.24) is 9.97 Å². The van der Waals surface area contributed by atoms with Crippen LogP contribution >= 0.6 is 0 Å². The van der Waals surface area contributed by atoms with Gasteiger partial charge in [-0.05, 0) is 38.5 Å². The molecule has 100 valence electrons. The number of anilines is 1. The van der Waals surface area contributed by atoms with Crippen LogP contribution in [0.5, 0.6) is 0 Å². The monoisotopic (exact) mass is 247 g/mol. The highest BCUT2D eigenvalue weighted by Gasteiger charge is 2.18. The van der Waals surface area contributed by atoms with Crippen LogP contribution in [0, 0.1) is 12.8 Å². The molecule has 0 radical (unpaired) electrons. The number of hydrogen-bond donors (Lipinski definition) is 0. The second-order valence-electron chi connectivity index (χ2n) is 5.31. The zero-order chi connectivity index (χ0) is 13.0. The van der Waals surface area contributed by atoms with Crippen molar-refractivity contribution in [3.05, 3.63) is 17.6 Å². The molecule has 0 saturated carbocycles. The molecule has 0 spiro atoms. The van der Waals surface area contributed by atoms with Crippen LogP contribution in [-0.2, 0) is 6.42 Å². The first-order valence-corrected chi connectivity index (χ1v) is 7.32. The van der Waals surface area contributed by atoms with Gasteiger partial charge in [-0.1, -0.05) is 20.3 Å². The average Bonchev–Trinajstić information content (AvgIpc) is 2.63. The first kappa shape index (κ1) is 13.3. The van der Waals surface area contributed by atoms with Gasteiger partial charge in [0, 0.05) is 24.8 Å². The number of nitrogens with zero attached hydrogens (tertiary/aromatic N) is 3. The van der Waals surface area contributed by atoms with Gasteiger partial charge >= 0.3 is 0 Å². The van der Waals surface area contributed by atoms with E-state index in [0.717, 1.165) is 31.3 Å². The lowest BCUT2D eigenvalue weighted by molar-refractivity contribution is 0.459. The molecular formula is C15H25N3. The van der Waals surface area contributed by atoms with E-state index in [1.54, 1.807) is 0 Å². The third kappa shape index (κ3) is 3.01. The van der Waals surface area contributed by atoms with Gasteiger partial charge in [-0.25, -0.2) is 9.97 Å². The Bertz CT molecular complexity index is 389. The standard InChI is InChI=1S/C15H25N3/c1-4-13-7-6-9-18(10-8-13)15-14(5-2)11-16-12(3)17-15/h11,13H,4-10H2,1-3H3. The predicted octanol–water partition coefficient (Wildman–Crippen LogP) is 3.36. The van der Waals surface area contributed by atoms with Gasteiger partial charge in [-0.15, -0.1) is 0 Å². The minimum Gasteiger partial charge on any atom is -0.356 e. The SMILES string of the molecule is CCc1cnc(C)nc1N1CCCC(CC)CC1. The van der Waals surface area contributed by atoms with Gasteiger partial charge in [-0.2, -0.15) is 0 Å². The van der Waals surface area contributed by atoms with Crippen molar-refractivity contribution in [3.63, 3.8) is 0 Å². The number of rotatable bonds is 3. The Kier molecular flexibility index (Phi) is 4.56. The predicted molar refractivity (Wildman–Crippen MR) is 76.0 cm³/mol. The summed E-state index contributed by atoms with van der Waals surface area (Å²) in [5.41, 5.74) is 1.29. The molecule has 1 saturated heterocycles. The Balaban J connectivity index is 2.17. The normalized spacial score (nSPS) is 20.8. The summed E-state index contributed by atoms with van der Waals surface area (Å²) in [7, 11) is 0. The molecule has 18 heavy (non-hydrogen) atoms.